The molecular weight excluding hydrogens is 344 g/mol. The monoisotopic (exact) mass is 372 g/mol. The second-order valence-corrected chi connectivity index (χ2v) is 6.74. The van der Waals surface area contributed by atoms with Gasteiger partial charge in [0, 0.05) is 18.9 Å². The molecule has 0 aliphatic heterocycles. The first-order valence-electron chi connectivity index (χ1n) is 9.37. The summed E-state index contributed by atoms with van der Waals surface area (Å²) >= 11 is 0. The van der Waals surface area contributed by atoms with Crippen LogP contribution >= 0.6 is 12.4 Å². The molecule has 0 saturated heterocycles. The molecule has 3 rings (SSSR count). The van der Waals surface area contributed by atoms with Crippen LogP contribution in [0.15, 0.2) is 54.6 Å². The summed E-state index contributed by atoms with van der Waals surface area (Å²) in [6, 6.07) is 19.1. The molecule has 0 saturated carbocycles. The SMILES string of the molecule is CCN(CC)CCC(=O)NC1c2ccccc2CC1c1ccccc1.Cl. The fourth-order valence-electron chi connectivity index (χ4n) is 3.83. The Hall–Kier alpha value is -1.84. The summed E-state index contributed by atoms with van der Waals surface area (Å²) in [5.41, 5.74) is 3.92. The molecule has 0 spiro atoms. The number of hydrogen-bond acceptors (Lipinski definition) is 2. The van der Waals surface area contributed by atoms with Crippen LogP contribution in [0.5, 0.6) is 0 Å². The topological polar surface area (TPSA) is 32.3 Å². The van der Waals surface area contributed by atoms with Gasteiger partial charge in [0.15, 0.2) is 0 Å². The van der Waals surface area contributed by atoms with Crippen LogP contribution in [-0.2, 0) is 11.2 Å². The molecule has 3 nitrogen and oxygen atoms in total. The highest BCUT2D eigenvalue weighted by Gasteiger charge is 2.34. The van der Waals surface area contributed by atoms with Crippen molar-refractivity contribution in [2.45, 2.75) is 38.6 Å². The molecule has 0 bridgehead atoms. The lowest BCUT2D eigenvalue weighted by atomic mass is 9.92. The molecule has 4 heteroatoms. The lowest BCUT2D eigenvalue weighted by Gasteiger charge is -2.24. The molecule has 0 radical (unpaired) electrons. The van der Waals surface area contributed by atoms with Gasteiger partial charge in [-0.25, -0.2) is 0 Å². The smallest absolute Gasteiger partial charge is 0.221 e. The largest absolute Gasteiger partial charge is 0.349 e. The van der Waals surface area contributed by atoms with E-state index in [1.54, 1.807) is 0 Å². The number of hydrogen-bond donors (Lipinski definition) is 1. The van der Waals surface area contributed by atoms with Crippen LogP contribution < -0.4 is 5.32 Å². The zero-order chi connectivity index (χ0) is 17.6. The Morgan fingerprint density at radius 2 is 1.69 bits per heavy atom. The summed E-state index contributed by atoms with van der Waals surface area (Å²) in [4.78, 5) is 14.9. The van der Waals surface area contributed by atoms with Gasteiger partial charge in [-0.15, -0.1) is 12.4 Å². The van der Waals surface area contributed by atoms with Crippen LogP contribution in [0.4, 0.5) is 0 Å². The van der Waals surface area contributed by atoms with Crippen LogP contribution in [-0.4, -0.2) is 30.4 Å². The summed E-state index contributed by atoms with van der Waals surface area (Å²) in [6.07, 6.45) is 1.54. The van der Waals surface area contributed by atoms with Gasteiger partial charge in [-0.1, -0.05) is 68.4 Å². The molecule has 26 heavy (non-hydrogen) atoms. The highest BCUT2D eigenvalue weighted by atomic mass is 35.5. The molecule has 1 N–H and O–H groups in total. The van der Waals surface area contributed by atoms with Crippen molar-refractivity contribution >= 4 is 18.3 Å². The Morgan fingerprint density at radius 3 is 2.38 bits per heavy atom. The van der Waals surface area contributed by atoms with E-state index in [4.69, 9.17) is 0 Å². The van der Waals surface area contributed by atoms with Gasteiger partial charge in [-0.3, -0.25) is 4.79 Å². The third kappa shape index (κ3) is 4.66. The molecule has 2 aromatic carbocycles. The number of rotatable bonds is 7. The third-order valence-electron chi connectivity index (χ3n) is 5.33. The molecule has 1 aliphatic carbocycles. The summed E-state index contributed by atoms with van der Waals surface area (Å²) < 4.78 is 0. The number of halogens is 1. The van der Waals surface area contributed by atoms with E-state index in [9.17, 15) is 4.79 Å². The maximum atomic E-state index is 12.6. The van der Waals surface area contributed by atoms with Gasteiger partial charge < -0.3 is 10.2 Å². The van der Waals surface area contributed by atoms with Crippen LogP contribution in [0.2, 0.25) is 0 Å². The van der Waals surface area contributed by atoms with Crippen LogP contribution in [0.1, 0.15) is 48.9 Å². The Labute approximate surface area is 163 Å². The van der Waals surface area contributed by atoms with Crippen LogP contribution in [0, 0.1) is 0 Å². The van der Waals surface area contributed by atoms with Crippen molar-refractivity contribution in [2.75, 3.05) is 19.6 Å². The summed E-state index contributed by atoms with van der Waals surface area (Å²) in [5, 5.41) is 3.32. The van der Waals surface area contributed by atoms with Crippen LogP contribution in [0.3, 0.4) is 0 Å². The normalized spacial score (nSPS) is 18.3. The molecule has 0 aromatic heterocycles. The predicted molar refractivity (Wildman–Crippen MR) is 110 cm³/mol. The molecule has 1 amide bonds. The van der Waals surface area contributed by atoms with Crippen molar-refractivity contribution in [1.29, 1.82) is 0 Å². The third-order valence-corrected chi connectivity index (χ3v) is 5.33. The minimum atomic E-state index is 0. The van der Waals surface area contributed by atoms with Crippen LogP contribution in [0.25, 0.3) is 0 Å². The van der Waals surface area contributed by atoms with Crippen molar-refractivity contribution in [2.24, 2.45) is 0 Å². The Kier molecular flexibility index (Phi) is 7.67. The first kappa shape index (κ1) is 20.5. The zero-order valence-electron chi connectivity index (χ0n) is 15.7. The van der Waals surface area contributed by atoms with E-state index < -0.39 is 0 Å². The number of amides is 1. The van der Waals surface area contributed by atoms with Gasteiger partial charge in [0.2, 0.25) is 5.91 Å². The fourth-order valence-corrected chi connectivity index (χ4v) is 3.83. The summed E-state index contributed by atoms with van der Waals surface area (Å²) in [6.45, 7) is 7.08. The number of carbonyl (C=O) groups is 1. The minimum Gasteiger partial charge on any atom is -0.349 e. The van der Waals surface area contributed by atoms with Crippen molar-refractivity contribution in [3.05, 3.63) is 71.3 Å². The number of fused-ring (bicyclic) bond motifs is 1. The average molecular weight is 373 g/mol. The second kappa shape index (κ2) is 9.75. The van der Waals surface area contributed by atoms with E-state index in [0.29, 0.717) is 12.3 Å². The van der Waals surface area contributed by atoms with Crippen molar-refractivity contribution in [1.82, 2.24) is 10.2 Å². The molecule has 2 atom stereocenters. The Balaban J connectivity index is 0.00000243. The van der Waals surface area contributed by atoms with Gasteiger partial charge in [0.1, 0.15) is 0 Å². The predicted octanol–water partition coefficient (Wildman–Crippen LogP) is 4.34. The van der Waals surface area contributed by atoms with Crippen molar-refractivity contribution in [3.63, 3.8) is 0 Å². The van der Waals surface area contributed by atoms with E-state index in [0.717, 1.165) is 26.1 Å². The number of nitrogens with one attached hydrogen (secondary N) is 1. The molecule has 2 unspecified atom stereocenters. The first-order chi connectivity index (χ1) is 12.2. The lowest BCUT2D eigenvalue weighted by Crippen LogP contribution is -2.34. The molecule has 140 valence electrons. The van der Waals surface area contributed by atoms with Gasteiger partial charge in [0.25, 0.3) is 0 Å². The van der Waals surface area contributed by atoms with Gasteiger partial charge in [-0.2, -0.15) is 0 Å². The van der Waals surface area contributed by atoms with Gasteiger partial charge in [-0.05, 0) is 36.2 Å². The number of nitrogens with zero attached hydrogens (tertiary/aromatic N) is 1. The van der Waals surface area contributed by atoms with Crippen molar-refractivity contribution < 1.29 is 4.79 Å². The quantitative estimate of drug-likeness (QED) is 0.784. The average Bonchev–Trinajstić information content (AvgIpc) is 3.02. The van der Waals surface area contributed by atoms with E-state index in [2.05, 4.69) is 72.6 Å². The standard InChI is InChI=1S/C22H28N2O.ClH/c1-3-24(4-2)15-14-21(25)23-22-19-13-9-8-12-18(19)16-20(22)17-10-6-5-7-11-17;/h5-13,20,22H,3-4,14-16H2,1-2H3,(H,23,25);1H. The second-order valence-electron chi connectivity index (χ2n) is 6.74. The molecule has 0 fully saturated rings. The van der Waals surface area contributed by atoms with Crippen molar-refractivity contribution in [3.8, 4) is 0 Å². The Bertz CT molecular complexity index is 700. The first-order valence-corrected chi connectivity index (χ1v) is 9.37. The number of benzene rings is 2. The van der Waals surface area contributed by atoms with E-state index in [1.165, 1.54) is 16.7 Å². The van der Waals surface area contributed by atoms with E-state index in [-0.39, 0.29) is 24.4 Å². The molecule has 0 heterocycles. The maximum Gasteiger partial charge on any atom is 0.221 e. The Morgan fingerprint density at radius 1 is 1.04 bits per heavy atom. The maximum absolute atomic E-state index is 12.6. The molecular formula is C22H29ClN2O. The fraction of sp³-hybridized carbons (Fsp3) is 0.409. The highest BCUT2D eigenvalue weighted by molar-refractivity contribution is 5.85. The highest BCUT2D eigenvalue weighted by Crippen LogP contribution is 2.42. The van der Waals surface area contributed by atoms with Gasteiger partial charge in [0.05, 0.1) is 6.04 Å². The lowest BCUT2D eigenvalue weighted by molar-refractivity contribution is -0.122. The summed E-state index contributed by atoms with van der Waals surface area (Å²) in [7, 11) is 0. The summed E-state index contributed by atoms with van der Waals surface area (Å²) in [5.74, 6) is 0.463. The minimum absolute atomic E-state index is 0. The molecule has 2 aromatic rings. The zero-order valence-corrected chi connectivity index (χ0v) is 16.5. The van der Waals surface area contributed by atoms with Gasteiger partial charge >= 0.3 is 0 Å². The number of carbonyl (C=O) groups excluding carboxylic acids is 1. The molecule has 1 aliphatic rings. The van der Waals surface area contributed by atoms with E-state index in [1.807, 2.05) is 6.07 Å². The van der Waals surface area contributed by atoms with E-state index >= 15 is 0 Å².